The van der Waals surface area contributed by atoms with Gasteiger partial charge in [-0.05, 0) is 24.7 Å². The van der Waals surface area contributed by atoms with Gasteiger partial charge in [0.15, 0.2) is 0 Å². The van der Waals surface area contributed by atoms with Crippen molar-refractivity contribution in [3.8, 4) is 0 Å². The van der Waals surface area contributed by atoms with Gasteiger partial charge in [-0.1, -0.05) is 53.4 Å². The molecule has 0 aromatic heterocycles. The predicted molar refractivity (Wildman–Crippen MR) is 71.9 cm³/mol. The first-order chi connectivity index (χ1) is 7.95. The molecule has 0 fully saturated rings. The van der Waals surface area contributed by atoms with Gasteiger partial charge in [0.25, 0.3) is 0 Å². The molecule has 0 spiro atoms. The monoisotopic (exact) mass is 240 g/mol. The molecule has 0 aromatic carbocycles. The fraction of sp³-hybridized carbons (Fsp3) is 0.867. The summed E-state index contributed by atoms with van der Waals surface area (Å²) in [5, 5.41) is 0. The van der Waals surface area contributed by atoms with Crippen LogP contribution in [0.3, 0.4) is 0 Å². The van der Waals surface area contributed by atoms with E-state index in [9.17, 15) is 9.59 Å². The molecule has 0 bridgehead atoms. The fourth-order valence-corrected chi connectivity index (χ4v) is 2.07. The third-order valence-electron chi connectivity index (χ3n) is 3.32. The Morgan fingerprint density at radius 2 is 1.18 bits per heavy atom. The number of hydrogen-bond donors (Lipinski definition) is 0. The van der Waals surface area contributed by atoms with Crippen LogP contribution in [0.5, 0.6) is 0 Å². The first-order valence-corrected chi connectivity index (χ1v) is 6.88. The van der Waals surface area contributed by atoms with Gasteiger partial charge in [-0.3, -0.25) is 0 Å². The Morgan fingerprint density at radius 1 is 0.824 bits per heavy atom. The maximum absolute atomic E-state index is 11.2. The van der Waals surface area contributed by atoms with Crippen LogP contribution in [0.4, 0.5) is 0 Å². The van der Waals surface area contributed by atoms with Gasteiger partial charge >= 0.3 is 0 Å². The highest BCUT2D eigenvalue weighted by Crippen LogP contribution is 2.28. The highest BCUT2D eigenvalue weighted by atomic mass is 16.1. The van der Waals surface area contributed by atoms with Crippen LogP contribution >= 0.6 is 0 Å². The summed E-state index contributed by atoms with van der Waals surface area (Å²) in [5.41, 5.74) is -0.705. The Labute approximate surface area is 106 Å². The molecule has 100 valence electrons. The van der Waals surface area contributed by atoms with E-state index in [1.54, 1.807) is 0 Å². The lowest BCUT2D eigenvalue weighted by molar-refractivity contribution is -0.127. The molecular weight excluding hydrogens is 212 g/mol. The van der Waals surface area contributed by atoms with Gasteiger partial charge in [-0.15, -0.1) is 0 Å². The van der Waals surface area contributed by atoms with Gasteiger partial charge in [0.05, 0.1) is 5.41 Å². The van der Waals surface area contributed by atoms with Crippen molar-refractivity contribution in [2.75, 3.05) is 0 Å². The first-order valence-electron chi connectivity index (χ1n) is 6.88. The molecule has 0 saturated carbocycles. The van der Waals surface area contributed by atoms with E-state index in [1.165, 1.54) is 0 Å². The largest absolute Gasteiger partial charge is 0.302 e. The average molecular weight is 240 g/mol. The van der Waals surface area contributed by atoms with Gasteiger partial charge in [0.1, 0.15) is 12.6 Å². The highest BCUT2D eigenvalue weighted by molar-refractivity contribution is 5.83. The van der Waals surface area contributed by atoms with E-state index < -0.39 is 5.41 Å². The summed E-state index contributed by atoms with van der Waals surface area (Å²) in [6, 6.07) is 0. The quantitative estimate of drug-likeness (QED) is 0.427. The van der Waals surface area contributed by atoms with Crippen LogP contribution in [0.15, 0.2) is 0 Å². The van der Waals surface area contributed by atoms with E-state index in [0.717, 1.165) is 51.1 Å². The molecule has 0 amide bonds. The van der Waals surface area contributed by atoms with Crippen molar-refractivity contribution in [2.24, 2.45) is 17.3 Å². The van der Waals surface area contributed by atoms with E-state index in [4.69, 9.17) is 0 Å². The molecule has 0 radical (unpaired) electrons. The molecule has 0 heterocycles. The normalized spacial score (nSPS) is 12.1. The van der Waals surface area contributed by atoms with E-state index in [-0.39, 0.29) is 0 Å². The summed E-state index contributed by atoms with van der Waals surface area (Å²) in [6.45, 7) is 8.68. The van der Waals surface area contributed by atoms with E-state index in [0.29, 0.717) is 11.8 Å². The second kappa shape index (κ2) is 8.43. The summed E-state index contributed by atoms with van der Waals surface area (Å²) in [4.78, 5) is 22.4. The lowest BCUT2D eigenvalue weighted by Gasteiger charge is -2.22. The molecule has 0 aliphatic carbocycles. The molecular formula is C15H28O2. The van der Waals surface area contributed by atoms with Crippen molar-refractivity contribution >= 4 is 12.6 Å². The van der Waals surface area contributed by atoms with Gasteiger partial charge in [-0.2, -0.15) is 0 Å². The van der Waals surface area contributed by atoms with Crippen LogP contribution in [0.25, 0.3) is 0 Å². The topological polar surface area (TPSA) is 34.1 Å². The Bertz CT molecular complexity index is 195. The van der Waals surface area contributed by atoms with Crippen molar-refractivity contribution in [3.05, 3.63) is 0 Å². The second-order valence-corrected chi connectivity index (χ2v) is 6.04. The number of hydrogen-bond acceptors (Lipinski definition) is 2. The molecule has 17 heavy (non-hydrogen) atoms. The summed E-state index contributed by atoms with van der Waals surface area (Å²) < 4.78 is 0. The molecule has 2 nitrogen and oxygen atoms in total. The summed E-state index contributed by atoms with van der Waals surface area (Å²) in [6.07, 6.45) is 7.31. The smallest absolute Gasteiger partial charge is 0.133 e. The maximum Gasteiger partial charge on any atom is 0.133 e. The van der Waals surface area contributed by atoms with E-state index in [1.807, 2.05) is 0 Å². The number of aldehydes is 2. The van der Waals surface area contributed by atoms with Crippen molar-refractivity contribution in [1.29, 1.82) is 0 Å². The predicted octanol–water partition coefficient (Wildman–Crippen LogP) is 4.02. The van der Waals surface area contributed by atoms with Crippen molar-refractivity contribution in [1.82, 2.24) is 0 Å². The van der Waals surface area contributed by atoms with Gasteiger partial charge in [0.2, 0.25) is 0 Å². The van der Waals surface area contributed by atoms with Gasteiger partial charge in [-0.25, -0.2) is 0 Å². The van der Waals surface area contributed by atoms with Crippen LogP contribution in [-0.4, -0.2) is 12.6 Å². The third-order valence-corrected chi connectivity index (χ3v) is 3.32. The van der Waals surface area contributed by atoms with Crippen LogP contribution in [0.1, 0.15) is 66.2 Å². The van der Waals surface area contributed by atoms with Gasteiger partial charge in [0, 0.05) is 0 Å². The summed E-state index contributed by atoms with van der Waals surface area (Å²) in [5.74, 6) is 1.28. The van der Waals surface area contributed by atoms with Crippen LogP contribution in [-0.2, 0) is 9.59 Å². The average Bonchev–Trinajstić information content (AvgIpc) is 2.26. The molecule has 0 rings (SSSR count). The molecule has 0 aromatic rings. The minimum atomic E-state index is -0.705. The summed E-state index contributed by atoms with van der Waals surface area (Å²) >= 11 is 0. The lowest BCUT2D eigenvalue weighted by atomic mass is 9.80. The molecule has 2 heteroatoms. The molecule has 0 aliphatic rings. The minimum absolute atomic E-state index is 0.640. The first kappa shape index (κ1) is 16.3. The molecule has 0 atom stereocenters. The Morgan fingerprint density at radius 3 is 1.41 bits per heavy atom. The Kier molecular flexibility index (Phi) is 8.11. The molecule has 0 N–H and O–H groups in total. The van der Waals surface area contributed by atoms with Crippen LogP contribution in [0, 0.1) is 17.3 Å². The summed E-state index contributed by atoms with van der Waals surface area (Å²) in [7, 11) is 0. The molecule has 0 aliphatic heterocycles. The standard InChI is InChI=1S/C15H28O2/c1-13(2)7-5-9-15(11-16,12-17)10-6-8-14(3)4/h11-14H,5-10H2,1-4H3. The molecule has 0 unspecified atom stereocenters. The van der Waals surface area contributed by atoms with Crippen LogP contribution < -0.4 is 0 Å². The van der Waals surface area contributed by atoms with E-state index >= 15 is 0 Å². The zero-order valence-electron chi connectivity index (χ0n) is 11.9. The number of carbonyl (C=O) groups excluding carboxylic acids is 2. The highest BCUT2D eigenvalue weighted by Gasteiger charge is 2.28. The lowest BCUT2D eigenvalue weighted by Crippen LogP contribution is -2.25. The SMILES string of the molecule is CC(C)CCCC(C=O)(C=O)CCCC(C)C. The Hall–Kier alpha value is -0.660. The molecule has 0 saturated heterocycles. The number of carbonyl (C=O) groups is 2. The fourth-order valence-electron chi connectivity index (χ4n) is 2.07. The third kappa shape index (κ3) is 7.30. The zero-order chi connectivity index (χ0) is 13.3. The van der Waals surface area contributed by atoms with Crippen LogP contribution in [0.2, 0.25) is 0 Å². The second-order valence-electron chi connectivity index (χ2n) is 6.04. The van der Waals surface area contributed by atoms with E-state index in [2.05, 4.69) is 27.7 Å². The van der Waals surface area contributed by atoms with Crippen molar-refractivity contribution < 1.29 is 9.59 Å². The maximum atomic E-state index is 11.2. The number of rotatable bonds is 10. The van der Waals surface area contributed by atoms with Crippen molar-refractivity contribution in [2.45, 2.75) is 66.2 Å². The van der Waals surface area contributed by atoms with Crippen molar-refractivity contribution in [3.63, 3.8) is 0 Å². The zero-order valence-corrected chi connectivity index (χ0v) is 11.9. The Balaban J connectivity index is 4.15. The minimum Gasteiger partial charge on any atom is -0.302 e. The van der Waals surface area contributed by atoms with Gasteiger partial charge < -0.3 is 9.59 Å².